The highest BCUT2D eigenvalue weighted by Gasteiger charge is 2.18. The molecule has 1 fully saturated rings. The fourth-order valence-electron chi connectivity index (χ4n) is 2.38. The van der Waals surface area contributed by atoms with Gasteiger partial charge in [-0.2, -0.15) is 11.8 Å². The van der Waals surface area contributed by atoms with E-state index >= 15 is 0 Å². The van der Waals surface area contributed by atoms with Crippen molar-refractivity contribution in [3.8, 4) is 0 Å². The van der Waals surface area contributed by atoms with E-state index in [2.05, 4.69) is 5.32 Å². The number of carbonyl (C=O) groups excluding carboxylic acids is 1. The van der Waals surface area contributed by atoms with Gasteiger partial charge in [-0.25, -0.2) is 0 Å². The standard InChI is InChI=1S/C14H23N3OS/c1-10(2)17-9-11(15)7-13(17)14(18)16-8-12-5-3-4-6-19-12/h7,9-10,12H,3-6,8,15H2,1-2H3,(H,16,18). The molecule has 1 aromatic rings. The molecule has 1 saturated heterocycles. The van der Waals surface area contributed by atoms with E-state index in [0.717, 1.165) is 6.54 Å². The summed E-state index contributed by atoms with van der Waals surface area (Å²) < 4.78 is 1.93. The molecule has 1 aliphatic rings. The highest BCUT2D eigenvalue weighted by atomic mass is 32.2. The fourth-order valence-corrected chi connectivity index (χ4v) is 3.61. The molecule has 5 heteroatoms. The molecule has 1 aliphatic heterocycles. The van der Waals surface area contributed by atoms with E-state index in [1.165, 1.54) is 25.0 Å². The Morgan fingerprint density at radius 1 is 1.58 bits per heavy atom. The van der Waals surface area contributed by atoms with Crippen LogP contribution in [0.25, 0.3) is 0 Å². The Labute approximate surface area is 119 Å². The number of thioether (sulfide) groups is 1. The first-order valence-corrected chi connectivity index (χ1v) is 8.00. The van der Waals surface area contributed by atoms with Gasteiger partial charge >= 0.3 is 0 Å². The topological polar surface area (TPSA) is 60.0 Å². The molecule has 0 saturated carbocycles. The molecule has 1 unspecified atom stereocenters. The van der Waals surface area contributed by atoms with Crippen LogP contribution < -0.4 is 11.1 Å². The van der Waals surface area contributed by atoms with Gasteiger partial charge in [0.2, 0.25) is 0 Å². The van der Waals surface area contributed by atoms with Crippen LogP contribution in [0, 0.1) is 0 Å². The summed E-state index contributed by atoms with van der Waals surface area (Å²) in [7, 11) is 0. The number of amides is 1. The minimum absolute atomic E-state index is 0.0171. The van der Waals surface area contributed by atoms with E-state index in [1.54, 1.807) is 6.07 Å². The molecule has 0 radical (unpaired) electrons. The number of anilines is 1. The minimum Gasteiger partial charge on any atom is -0.397 e. The number of nitrogens with one attached hydrogen (secondary N) is 1. The maximum atomic E-state index is 12.2. The molecule has 2 rings (SSSR count). The average molecular weight is 281 g/mol. The monoisotopic (exact) mass is 281 g/mol. The number of nitrogen functional groups attached to an aromatic ring is 1. The van der Waals surface area contributed by atoms with Crippen molar-refractivity contribution in [3.63, 3.8) is 0 Å². The minimum atomic E-state index is -0.0171. The number of aromatic nitrogens is 1. The number of hydrogen-bond donors (Lipinski definition) is 2. The average Bonchev–Trinajstić information content (AvgIpc) is 2.79. The number of hydrogen-bond acceptors (Lipinski definition) is 3. The zero-order valence-corrected chi connectivity index (χ0v) is 12.5. The van der Waals surface area contributed by atoms with Gasteiger partial charge in [0.25, 0.3) is 5.91 Å². The number of rotatable bonds is 4. The number of carbonyl (C=O) groups is 1. The van der Waals surface area contributed by atoms with Crippen LogP contribution >= 0.6 is 11.8 Å². The highest BCUT2D eigenvalue weighted by molar-refractivity contribution is 7.99. The quantitative estimate of drug-likeness (QED) is 0.892. The molecule has 19 heavy (non-hydrogen) atoms. The Morgan fingerprint density at radius 3 is 3.00 bits per heavy atom. The zero-order valence-electron chi connectivity index (χ0n) is 11.7. The lowest BCUT2D eigenvalue weighted by Crippen LogP contribution is -2.33. The van der Waals surface area contributed by atoms with Gasteiger partial charge in [-0.15, -0.1) is 0 Å². The second-order valence-electron chi connectivity index (χ2n) is 5.36. The van der Waals surface area contributed by atoms with Crippen molar-refractivity contribution in [2.75, 3.05) is 18.0 Å². The molecule has 4 nitrogen and oxygen atoms in total. The molecule has 0 bridgehead atoms. The number of nitrogens with zero attached hydrogens (tertiary/aromatic N) is 1. The summed E-state index contributed by atoms with van der Waals surface area (Å²) in [6, 6.07) is 1.99. The number of nitrogens with two attached hydrogens (primary N) is 1. The molecule has 0 aromatic carbocycles. The smallest absolute Gasteiger partial charge is 0.268 e. The molecule has 106 valence electrons. The van der Waals surface area contributed by atoms with Crippen LogP contribution in [0.4, 0.5) is 5.69 Å². The Balaban J connectivity index is 1.95. The normalized spacial score (nSPS) is 19.6. The maximum Gasteiger partial charge on any atom is 0.268 e. The Kier molecular flexibility index (Phi) is 4.80. The molecule has 2 heterocycles. The van der Waals surface area contributed by atoms with E-state index in [1.807, 2.05) is 36.4 Å². The van der Waals surface area contributed by atoms with Crippen LogP contribution in [0.5, 0.6) is 0 Å². The van der Waals surface area contributed by atoms with Gasteiger partial charge < -0.3 is 15.6 Å². The van der Waals surface area contributed by atoms with Gasteiger partial charge in [-0.1, -0.05) is 6.42 Å². The van der Waals surface area contributed by atoms with Crippen molar-refractivity contribution >= 4 is 23.4 Å². The van der Waals surface area contributed by atoms with Crippen molar-refractivity contribution in [3.05, 3.63) is 18.0 Å². The second-order valence-corrected chi connectivity index (χ2v) is 6.77. The van der Waals surface area contributed by atoms with Crippen LogP contribution in [-0.4, -0.2) is 28.0 Å². The predicted molar refractivity (Wildman–Crippen MR) is 81.7 cm³/mol. The summed E-state index contributed by atoms with van der Waals surface area (Å²) in [4.78, 5) is 12.2. The van der Waals surface area contributed by atoms with Gasteiger partial charge in [0.1, 0.15) is 5.69 Å². The summed E-state index contributed by atoms with van der Waals surface area (Å²) in [5.74, 6) is 1.20. The SMILES string of the molecule is CC(C)n1cc(N)cc1C(=O)NCC1CCCCS1. The molecule has 1 amide bonds. The second kappa shape index (κ2) is 6.37. The lowest BCUT2D eigenvalue weighted by atomic mass is 10.2. The maximum absolute atomic E-state index is 12.2. The predicted octanol–water partition coefficient (Wildman–Crippen LogP) is 2.67. The molecule has 1 atom stereocenters. The Morgan fingerprint density at radius 2 is 2.37 bits per heavy atom. The third kappa shape index (κ3) is 3.69. The summed E-state index contributed by atoms with van der Waals surface area (Å²) in [6.07, 6.45) is 5.62. The molecule has 1 aromatic heterocycles. The molecular weight excluding hydrogens is 258 g/mol. The van der Waals surface area contributed by atoms with Crippen LogP contribution in [-0.2, 0) is 0 Å². The van der Waals surface area contributed by atoms with E-state index in [9.17, 15) is 4.79 Å². The molecule has 3 N–H and O–H groups in total. The van der Waals surface area contributed by atoms with Gasteiger partial charge in [0, 0.05) is 24.0 Å². The molecular formula is C14H23N3OS. The third-order valence-electron chi connectivity index (χ3n) is 3.42. The first-order valence-electron chi connectivity index (χ1n) is 6.95. The van der Waals surface area contributed by atoms with E-state index in [0.29, 0.717) is 16.6 Å². The lowest BCUT2D eigenvalue weighted by Gasteiger charge is -2.21. The van der Waals surface area contributed by atoms with E-state index < -0.39 is 0 Å². The largest absolute Gasteiger partial charge is 0.397 e. The Bertz CT molecular complexity index is 436. The highest BCUT2D eigenvalue weighted by Crippen LogP contribution is 2.24. The van der Waals surface area contributed by atoms with Gasteiger partial charge in [-0.3, -0.25) is 4.79 Å². The summed E-state index contributed by atoms with van der Waals surface area (Å²) in [5, 5.41) is 3.61. The van der Waals surface area contributed by atoms with Gasteiger partial charge in [-0.05, 0) is 38.5 Å². The third-order valence-corrected chi connectivity index (χ3v) is 4.82. The van der Waals surface area contributed by atoms with E-state index in [4.69, 9.17) is 5.73 Å². The van der Waals surface area contributed by atoms with Crippen molar-refractivity contribution < 1.29 is 4.79 Å². The van der Waals surface area contributed by atoms with Gasteiger partial charge in [0.05, 0.1) is 5.69 Å². The van der Waals surface area contributed by atoms with Crippen LogP contribution in [0.1, 0.15) is 49.6 Å². The first-order chi connectivity index (χ1) is 9.08. The van der Waals surface area contributed by atoms with Crippen LogP contribution in [0.15, 0.2) is 12.3 Å². The molecule has 0 aliphatic carbocycles. The summed E-state index contributed by atoms with van der Waals surface area (Å²) in [6.45, 7) is 4.85. The van der Waals surface area contributed by atoms with Crippen molar-refractivity contribution in [1.82, 2.24) is 9.88 Å². The molecule has 0 spiro atoms. The first kappa shape index (κ1) is 14.3. The van der Waals surface area contributed by atoms with Crippen LogP contribution in [0.2, 0.25) is 0 Å². The van der Waals surface area contributed by atoms with E-state index in [-0.39, 0.29) is 11.9 Å². The van der Waals surface area contributed by atoms with Gasteiger partial charge in [0.15, 0.2) is 0 Å². The summed E-state index contributed by atoms with van der Waals surface area (Å²) >= 11 is 1.97. The van der Waals surface area contributed by atoms with Crippen LogP contribution in [0.3, 0.4) is 0 Å². The van der Waals surface area contributed by atoms with Crippen molar-refractivity contribution in [1.29, 1.82) is 0 Å². The van der Waals surface area contributed by atoms with Crippen molar-refractivity contribution in [2.45, 2.75) is 44.4 Å². The Hall–Kier alpha value is -1.10. The zero-order chi connectivity index (χ0) is 13.8. The fraction of sp³-hybridized carbons (Fsp3) is 0.643. The van der Waals surface area contributed by atoms with Crippen molar-refractivity contribution in [2.24, 2.45) is 0 Å². The summed E-state index contributed by atoms with van der Waals surface area (Å²) in [5.41, 5.74) is 7.09. The lowest BCUT2D eigenvalue weighted by molar-refractivity contribution is 0.0942.